The first-order valence-corrected chi connectivity index (χ1v) is 6.46. The molecule has 0 aliphatic rings. The summed E-state index contributed by atoms with van der Waals surface area (Å²) >= 11 is 8.59. The Morgan fingerprint density at radius 3 is 2.40 bits per heavy atom. The Balaban J connectivity index is 2.30. The lowest BCUT2D eigenvalue weighted by Gasteiger charge is -2.09. The van der Waals surface area contributed by atoms with E-state index in [4.69, 9.17) is 11.6 Å². The SMILES string of the molecule is O=C(Nc1c(F)cc(F)cc1Cl)c1ccc(F)c(Br)c1. The van der Waals surface area contributed by atoms with Crippen LogP contribution in [0.3, 0.4) is 0 Å². The van der Waals surface area contributed by atoms with Crippen LogP contribution >= 0.6 is 27.5 Å². The molecule has 0 spiro atoms. The van der Waals surface area contributed by atoms with Crippen molar-refractivity contribution in [1.82, 2.24) is 0 Å². The predicted molar refractivity (Wildman–Crippen MR) is 73.4 cm³/mol. The van der Waals surface area contributed by atoms with Crippen molar-refractivity contribution >= 4 is 39.1 Å². The minimum Gasteiger partial charge on any atom is -0.318 e. The Morgan fingerprint density at radius 1 is 1.10 bits per heavy atom. The molecule has 104 valence electrons. The minimum absolute atomic E-state index is 0.0934. The molecular formula is C13H6BrClF3NO. The third kappa shape index (κ3) is 3.13. The van der Waals surface area contributed by atoms with E-state index in [9.17, 15) is 18.0 Å². The molecular weight excluding hydrogens is 358 g/mol. The maximum atomic E-state index is 13.5. The van der Waals surface area contributed by atoms with E-state index in [-0.39, 0.29) is 20.7 Å². The first kappa shape index (κ1) is 14.9. The lowest BCUT2D eigenvalue weighted by atomic mass is 10.2. The van der Waals surface area contributed by atoms with Crippen LogP contribution in [0.2, 0.25) is 5.02 Å². The Hall–Kier alpha value is -1.53. The number of benzene rings is 2. The highest BCUT2D eigenvalue weighted by molar-refractivity contribution is 9.10. The molecule has 2 aromatic rings. The first-order valence-electron chi connectivity index (χ1n) is 5.29. The van der Waals surface area contributed by atoms with Crippen molar-refractivity contribution in [2.75, 3.05) is 5.32 Å². The molecule has 0 saturated heterocycles. The summed E-state index contributed by atoms with van der Waals surface area (Å²) in [4.78, 5) is 11.9. The van der Waals surface area contributed by atoms with Crippen molar-refractivity contribution in [2.24, 2.45) is 0 Å². The van der Waals surface area contributed by atoms with Gasteiger partial charge in [-0.05, 0) is 40.2 Å². The fourth-order valence-corrected chi connectivity index (χ4v) is 2.11. The van der Waals surface area contributed by atoms with Crippen LogP contribution in [0.1, 0.15) is 10.4 Å². The molecule has 0 aliphatic heterocycles. The van der Waals surface area contributed by atoms with Gasteiger partial charge in [-0.2, -0.15) is 0 Å². The van der Waals surface area contributed by atoms with E-state index in [0.717, 1.165) is 12.1 Å². The summed E-state index contributed by atoms with van der Waals surface area (Å²) in [5.41, 5.74) is -0.239. The van der Waals surface area contributed by atoms with Crippen LogP contribution < -0.4 is 5.32 Å². The number of rotatable bonds is 2. The van der Waals surface area contributed by atoms with Crippen LogP contribution in [-0.2, 0) is 0 Å². The Kier molecular flexibility index (Phi) is 4.35. The van der Waals surface area contributed by atoms with Crippen molar-refractivity contribution in [2.45, 2.75) is 0 Å². The second-order valence-electron chi connectivity index (χ2n) is 3.83. The number of amides is 1. The van der Waals surface area contributed by atoms with Crippen molar-refractivity contribution in [3.8, 4) is 0 Å². The molecule has 0 aromatic heterocycles. The number of nitrogens with one attached hydrogen (secondary N) is 1. The van der Waals surface area contributed by atoms with E-state index in [2.05, 4.69) is 21.2 Å². The minimum atomic E-state index is -0.996. The molecule has 0 atom stereocenters. The number of halogens is 5. The summed E-state index contributed by atoms with van der Waals surface area (Å²) in [6.07, 6.45) is 0. The standard InChI is InChI=1S/C13H6BrClF3NO/c14-8-3-6(1-2-10(8)17)13(20)19-12-9(15)4-7(16)5-11(12)18/h1-5H,(H,19,20). The van der Waals surface area contributed by atoms with Crippen LogP contribution in [0.5, 0.6) is 0 Å². The lowest BCUT2D eigenvalue weighted by molar-refractivity contribution is 0.102. The van der Waals surface area contributed by atoms with Crippen LogP contribution in [0.25, 0.3) is 0 Å². The highest BCUT2D eigenvalue weighted by Crippen LogP contribution is 2.27. The number of hydrogen-bond acceptors (Lipinski definition) is 1. The molecule has 1 N–H and O–H groups in total. The smallest absolute Gasteiger partial charge is 0.255 e. The molecule has 2 nitrogen and oxygen atoms in total. The molecule has 0 heterocycles. The van der Waals surface area contributed by atoms with Gasteiger partial charge in [-0.3, -0.25) is 4.79 Å². The zero-order valence-electron chi connectivity index (χ0n) is 9.68. The Labute approximate surface area is 125 Å². The fraction of sp³-hybridized carbons (Fsp3) is 0. The number of hydrogen-bond donors (Lipinski definition) is 1. The van der Waals surface area contributed by atoms with Gasteiger partial charge in [-0.15, -0.1) is 0 Å². The molecule has 0 bridgehead atoms. The summed E-state index contributed by atoms with van der Waals surface area (Å²) in [7, 11) is 0. The molecule has 2 rings (SSSR count). The van der Waals surface area contributed by atoms with E-state index in [0.29, 0.717) is 6.07 Å². The first-order chi connectivity index (χ1) is 9.38. The predicted octanol–water partition coefficient (Wildman–Crippen LogP) is 4.77. The Morgan fingerprint density at radius 2 is 1.80 bits per heavy atom. The number of carbonyl (C=O) groups is 1. The molecule has 0 unspecified atom stereocenters. The van der Waals surface area contributed by atoms with Gasteiger partial charge in [0, 0.05) is 11.6 Å². The van der Waals surface area contributed by atoms with Crippen LogP contribution in [0.15, 0.2) is 34.8 Å². The second kappa shape index (κ2) is 5.85. The molecule has 2 aromatic carbocycles. The van der Waals surface area contributed by atoms with Crippen molar-refractivity contribution < 1.29 is 18.0 Å². The van der Waals surface area contributed by atoms with Crippen LogP contribution in [0.4, 0.5) is 18.9 Å². The van der Waals surface area contributed by atoms with Gasteiger partial charge >= 0.3 is 0 Å². The zero-order chi connectivity index (χ0) is 14.9. The highest BCUT2D eigenvalue weighted by atomic mass is 79.9. The van der Waals surface area contributed by atoms with Gasteiger partial charge in [0.25, 0.3) is 5.91 Å². The van der Waals surface area contributed by atoms with Crippen molar-refractivity contribution in [3.63, 3.8) is 0 Å². The Bertz CT molecular complexity index is 670. The van der Waals surface area contributed by atoms with E-state index in [1.807, 2.05) is 0 Å². The molecule has 1 amide bonds. The lowest BCUT2D eigenvalue weighted by Crippen LogP contribution is -2.13. The number of anilines is 1. The van der Waals surface area contributed by atoms with E-state index >= 15 is 0 Å². The van der Waals surface area contributed by atoms with Gasteiger partial charge < -0.3 is 5.32 Å². The fourth-order valence-electron chi connectivity index (χ4n) is 1.48. The largest absolute Gasteiger partial charge is 0.318 e. The maximum absolute atomic E-state index is 13.5. The third-order valence-corrected chi connectivity index (χ3v) is 3.33. The highest BCUT2D eigenvalue weighted by Gasteiger charge is 2.15. The monoisotopic (exact) mass is 363 g/mol. The molecule has 0 aliphatic carbocycles. The molecule has 7 heteroatoms. The normalized spacial score (nSPS) is 10.4. The zero-order valence-corrected chi connectivity index (χ0v) is 12.0. The number of carbonyl (C=O) groups excluding carboxylic acids is 1. The van der Waals surface area contributed by atoms with Gasteiger partial charge in [0.15, 0.2) is 5.82 Å². The van der Waals surface area contributed by atoms with Gasteiger partial charge in [0.05, 0.1) is 15.2 Å². The van der Waals surface area contributed by atoms with Gasteiger partial charge in [-0.25, -0.2) is 13.2 Å². The van der Waals surface area contributed by atoms with E-state index < -0.39 is 23.4 Å². The summed E-state index contributed by atoms with van der Waals surface area (Å²) in [6.45, 7) is 0. The second-order valence-corrected chi connectivity index (χ2v) is 5.09. The summed E-state index contributed by atoms with van der Waals surface area (Å²) in [5, 5.41) is 1.95. The van der Waals surface area contributed by atoms with E-state index in [1.54, 1.807) is 0 Å². The van der Waals surface area contributed by atoms with E-state index in [1.165, 1.54) is 12.1 Å². The van der Waals surface area contributed by atoms with Gasteiger partial charge in [0.2, 0.25) is 0 Å². The molecule has 0 fully saturated rings. The molecule has 0 saturated carbocycles. The van der Waals surface area contributed by atoms with Crippen LogP contribution in [0, 0.1) is 17.5 Å². The average Bonchev–Trinajstić information content (AvgIpc) is 2.36. The van der Waals surface area contributed by atoms with Crippen LogP contribution in [-0.4, -0.2) is 5.91 Å². The van der Waals surface area contributed by atoms with Crippen molar-refractivity contribution in [3.05, 3.63) is 62.8 Å². The third-order valence-electron chi connectivity index (χ3n) is 2.43. The molecule has 20 heavy (non-hydrogen) atoms. The summed E-state index contributed by atoms with van der Waals surface area (Å²) in [5.74, 6) is -3.08. The van der Waals surface area contributed by atoms with Gasteiger partial charge in [-0.1, -0.05) is 11.6 Å². The topological polar surface area (TPSA) is 29.1 Å². The molecule has 0 radical (unpaired) electrons. The summed E-state index contributed by atoms with van der Waals surface area (Å²) < 4.78 is 39.6. The quantitative estimate of drug-likeness (QED) is 0.817. The maximum Gasteiger partial charge on any atom is 0.255 e. The van der Waals surface area contributed by atoms with Gasteiger partial charge in [0.1, 0.15) is 11.6 Å². The van der Waals surface area contributed by atoms with Crippen molar-refractivity contribution in [1.29, 1.82) is 0 Å². The average molecular weight is 365 g/mol. The summed E-state index contributed by atoms with van der Waals surface area (Å²) in [6, 6.07) is 5.02.